The summed E-state index contributed by atoms with van der Waals surface area (Å²) in [5.41, 5.74) is -0.0886. The molecular formula is C15H28N4O2. The number of aliphatic hydroxyl groups excluding tert-OH is 1. The quantitative estimate of drug-likeness (QED) is 0.675. The van der Waals surface area contributed by atoms with Gasteiger partial charge in [0.05, 0.1) is 13.2 Å². The lowest BCUT2D eigenvalue weighted by Crippen LogP contribution is -2.43. The fraction of sp³-hybridized carbons (Fsp3) is 0.933. The maximum atomic E-state index is 12.6. The molecule has 3 saturated heterocycles. The first-order valence-electron chi connectivity index (χ1n) is 8.13. The van der Waals surface area contributed by atoms with Crippen LogP contribution in [0.15, 0.2) is 0 Å². The smallest absolute Gasteiger partial charge is 0.236 e. The highest BCUT2D eigenvalue weighted by molar-refractivity contribution is 5.78. The van der Waals surface area contributed by atoms with Crippen LogP contribution in [0.4, 0.5) is 0 Å². The van der Waals surface area contributed by atoms with Crippen molar-refractivity contribution in [2.24, 2.45) is 11.3 Å². The van der Waals surface area contributed by atoms with Gasteiger partial charge in [-0.2, -0.15) is 0 Å². The normalized spacial score (nSPS) is 35.0. The van der Waals surface area contributed by atoms with Crippen molar-refractivity contribution in [3.63, 3.8) is 0 Å². The number of rotatable bonds is 3. The van der Waals surface area contributed by atoms with Crippen molar-refractivity contribution in [2.75, 3.05) is 72.6 Å². The van der Waals surface area contributed by atoms with Gasteiger partial charge in [-0.3, -0.25) is 9.69 Å². The van der Waals surface area contributed by atoms with Gasteiger partial charge in [0.15, 0.2) is 0 Å². The molecule has 3 heterocycles. The molecule has 0 aromatic rings. The second-order valence-electron chi connectivity index (χ2n) is 7.06. The number of likely N-dealkylation sites (tertiary alicyclic amines) is 1. The zero-order valence-corrected chi connectivity index (χ0v) is 13.1. The highest BCUT2D eigenvalue weighted by atomic mass is 16.3. The monoisotopic (exact) mass is 296 g/mol. The molecule has 2 atom stereocenters. The van der Waals surface area contributed by atoms with Crippen molar-refractivity contribution in [1.29, 1.82) is 0 Å². The standard InChI is InChI=1S/C15H28N4O2/c1-17-3-2-4-18(6-5-17)9-14(21)19-8-13-7-16-10-15(13,11-19)12-20/h13,16,20H,2-12H2,1H3. The van der Waals surface area contributed by atoms with Crippen LogP contribution < -0.4 is 5.32 Å². The van der Waals surface area contributed by atoms with E-state index in [1.54, 1.807) is 0 Å². The van der Waals surface area contributed by atoms with E-state index in [1.807, 2.05) is 4.90 Å². The second-order valence-corrected chi connectivity index (χ2v) is 7.06. The van der Waals surface area contributed by atoms with Crippen molar-refractivity contribution >= 4 is 5.91 Å². The van der Waals surface area contributed by atoms with E-state index in [4.69, 9.17) is 0 Å². The van der Waals surface area contributed by atoms with Crippen molar-refractivity contribution in [2.45, 2.75) is 6.42 Å². The Hall–Kier alpha value is -0.690. The molecule has 2 N–H and O–H groups in total. The number of nitrogens with one attached hydrogen (secondary N) is 1. The third-order valence-electron chi connectivity index (χ3n) is 5.52. The highest BCUT2D eigenvalue weighted by Gasteiger charge is 2.50. The molecule has 0 aromatic heterocycles. The van der Waals surface area contributed by atoms with Crippen LogP contribution in [-0.2, 0) is 4.79 Å². The average Bonchev–Trinajstić information content (AvgIpc) is 2.94. The topological polar surface area (TPSA) is 59.0 Å². The summed E-state index contributed by atoms with van der Waals surface area (Å²) in [5, 5.41) is 13.1. The minimum absolute atomic E-state index is 0.0886. The summed E-state index contributed by atoms with van der Waals surface area (Å²) < 4.78 is 0. The summed E-state index contributed by atoms with van der Waals surface area (Å²) >= 11 is 0. The molecule has 21 heavy (non-hydrogen) atoms. The zero-order chi connectivity index (χ0) is 14.9. The summed E-state index contributed by atoms with van der Waals surface area (Å²) in [6.45, 7) is 8.17. The number of likely N-dealkylation sites (N-methyl/N-ethyl adjacent to an activating group) is 1. The Labute approximate surface area is 127 Å². The molecule has 1 amide bonds. The third kappa shape index (κ3) is 3.08. The largest absolute Gasteiger partial charge is 0.396 e. The minimum Gasteiger partial charge on any atom is -0.396 e. The molecule has 6 heteroatoms. The maximum absolute atomic E-state index is 12.6. The summed E-state index contributed by atoms with van der Waals surface area (Å²) in [6, 6.07) is 0. The van der Waals surface area contributed by atoms with Gasteiger partial charge in [-0.1, -0.05) is 0 Å². The summed E-state index contributed by atoms with van der Waals surface area (Å²) in [4.78, 5) is 19.2. The number of fused-ring (bicyclic) bond motifs is 1. The number of carbonyl (C=O) groups is 1. The Morgan fingerprint density at radius 1 is 1.33 bits per heavy atom. The van der Waals surface area contributed by atoms with E-state index in [0.717, 1.165) is 52.2 Å². The van der Waals surface area contributed by atoms with E-state index in [0.29, 0.717) is 19.0 Å². The second kappa shape index (κ2) is 6.20. The maximum Gasteiger partial charge on any atom is 0.236 e. The molecule has 2 unspecified atom stereocenters. The molecule has 120 valence electrons. The highest BCUT2D eigenvalue weighted by Crippen LogP contribution is 2.38. The number of hydrogen-bond acceptors (Lipinski definition) is 5. The first-order chi connectivity index (χ1) is 10.1. The Morgan fingerprint density at radius 2 is 2.19 bits per heavy atom. The lowest BCUT2D eigenvalue weighted by atomic mass is 9.82. The van der Waals surface area contributed by atoms with Gasteiger partial charge in [0.1, 0.15) is 0 Å². The molecule has 6 nitrogen and oxygen atoms in total. The Morgan fingerprint density at radius 3 is 2.95 bits per heavy atom. The van der Waals surface area contributed by atoms with Gasteiger partial charge in [0.2, 0.25) is 5.91 Å². The van der Waals surface area contributed by atoms with E-state index in [9.17, 15) is 9.90 Å². The molecule has 0 aliphatic carbocycles. The van der Waals surface area contributed by atoms with Crippen LogP contribution in [0, 0.1) is 11.3 Å². The van der Waals surface area contributed by atoms with E-state index in [1.165, 1.54) is 0 Å². The summed E-state index contributed by atoms with van der Waals surface area (Å²) in [6.07, 6.45) is 1.14. The minimum atomic E-state index is -0.0886. The van der Waals surface area contributed by atoms with Gasteiger partial charge in [-0.15, -0.1) is 0 Å². The molecule has 0 bridgehead atoms. The molecular weight excluding hydrogens is 268 g/mol. The average molecular weight is 296 g/mol. The Balaban J connectivity index is 1.54. The number of amides is 1. The molecule has 3 aliphatic heterocycles. The molecule has 0 saturated carbocycles. The van der Waals surface area contributed by atoms with Crippen LogP contribution >= 0.6 is 0 Å². The van der Waals surface area contributed by atoms with Crippen molar-refractivity contribution in [1.82, 2.24) is 20.0 Å². The summed E-state index contributed by atoms with van der Waals surface area (Å²) in [5.74, 6) is 0.656. The fourth-order valence-corrected chi connectivity index (χ4v) is 3.98. The van der Waals surface area contributed by atoms with Crippen LogP contribution in [0.1, 0.15) is 6.42 Å². The molecule has 3 aliphatic rings. The van der Waals surface area contributed by atoms with E-state index < -0.39 is 0 Å². The lowest BCUT2D eigenvalue weighted by molar-refractivity contribution is -0.132. The van der Waals surface area contributed by atoms with Crippen molar-refractivity contribution in [3.05, 3.63) is 0 Å². The van der Waals surface area contributed by atoms with Gasteiger partial charge in [-0.25, -0.2) is 0 Å². The molecule has 0 radical (unpaired) electrons. The van der Waals surface area contributed by atoms with E-state index in [2.05, 4.69) is 22.2 Å². The number of aliphatic hydroxyl groups is 1. The van der Waals surface area contributed by atoms with E-state index in [-0.39, 0.29) is 17.9 Å². The predicted molar refractivity (Wildman–Crippen MR) is 81.0 cm³/mol. The first-order valence-corrected chi connectivity index (χ1v) is 8.13. The third-order valence-corrected chi connectivity index (χ3v) is 5.52. The van der Waals surface area contributed by atoms with Gasteiger partial charge in [0, 0.05) is 44.7 Å². The van der Waals surface area contributed by atoms with Gasteiger partial charge < -0.3 is 20.2 Å². The number of nitrogens with zero attached hydrogens (tertiary/aromatic N) is 3. The SMILES string of the molecule is CN1CCCN(CC(=O)N2CC3CNCC3(CO)C2)CC1. The van der Waals surface area contributed by atoms with Crippen LogP contribution in [0.25, 0.3) is 0 Å². The first kappa shape index (κ1) is 15.2. The molecule has 0 aromatic carbocycles. The molecule has 0 spiro atoms. The predicted octanol–water partition coefficient (Wildman–Crippen LogP) is -1.34. The van der Waals surface area contributed by atoms with Crippen LogP contribution in [-0.4, -0.2) is 98.3 Å². The van der Waals surface area contributed by atoms with Crippen LogP contribution in [0.2, 0.25) is 0 Å². The number of hydrogen-bond donors (Lipinski definition) is 2. The van der Waals surface area contributed by atoms with Gasteiger partial charge in [-0.05, 0) is 32.5 Å². The Bertz CT molecular complexity index is 392. The van der Waals surface area contributed by atoms with Crippen molar-refractivity contribution in [3.8, 4) is 0 Å². The van der Waals surface area contributed by atoms with Gasteiger partial charge in [0.25, 0.3) is 0 Å². The molecule has 3 fully saturated rings. The summed E-state index contributed by atoms with van der Waals surface area (Å²) in [7, 11) is 2.14. The van der Waals surface area contributed by atoms with Crippen molar-refractivity contribution < 1.29 is 9.90 Å². The fourth-order valence-electron chi connectivity index (χ4n) is 3.98. The number of carbonyl (C=O) groups excluding carboxylic acids is 1. The van der Waals surface area contributed by atoms with Gasteiger partial charge >= 0.3 is 0 Å². The zero-order valence-electron chi connectivity index (χ0n) is 13.1. The molecule has 3 rings (SSSR count). The Kier molecular flexibility index (Phi) is 4.49. The van der Waals surface area contributed by atoms with Crippen LogP contribution in [0.5, 0.6) is 0 Å². The van der Waals surface area contributed by atoms with Crippen LogP contribution in [0.3, 0.4) is 0 Å². The lowest BCUT2D eigenvalue weighted by Gasteiger charge is -2.26. The van der Waals surface area contributed by atoms with E-state index >= 15 is 0 Å².